The van der Waals surface area contributed by atoms with Crippen LogP contribution in [0.15, 0.2) is 71.6 Å². The van der Waals surface area contributed by atoms with Gasteiger partial charge in [-0.1, -0.05) is 47.5 Å². The van der Waals surface area contributed by atoms with Gasteiger partial charge in [-0.05, 0) is 57.5 Å². The fraction of sp³-hybridized carbons (Fsp3) is 0.333. The second-order valence-corrected chi connectivity index (χ2v) is 11.3. The van der Waals surface area contributed by atoms with Gasteiger partial charge in [-0.25, -0.2) is 8.42 Å². The molecule has 0 fully saturated rings. The molecular weight excluding hydrogens is 530 g/mol. The first-order valence-electron chi connectivity index (χ1n) is 13.0. The van der Waals surface area contributed by atoms with E-state index in [0.717, 1.165) is 21.0 Å². The van der Waals surface area contributed by atoms with Gasteiger partial charge in [-0.15, -0.1) is 0 Å². The molecule has 214 valence electrons. The maximum Gasteiger partial charge on any atom is 0.264 e. The number of aryl methyl sites for hydroxylation is 2. The monoisotopic (exact) mass is 567 g/mol. The van der Waals surface area contributed by atoms with Gasteiger partial charge in [0.1, 0.15) is 12.6 Å². The highest BCUT2D eigenvalue weighted by molar-refractivity contribution is 7.92. The van der Waals surface area contributed by atoms with Crippen molar-refractivity contribution in [2.24, 2.45) is 0 Å². The van der Waals surface area contributed by atoms with Crippen LogP contribution >= 0.6 is 0 Å². The molecule has 1 atom stereocenters. The zero-order valence-electron chi connectivity index (χ0n) is 23.8. The molecule has 2 amide bonds. The van der Waals surface area contributed by atoms with E-state index in [2.05, 4.69) is 5.32 Å². The van der Waals surface area contributed by atoms with Crippen molar-refractivity contribution in [3.8, 4) is 11.5 Å². The van der Waals surface area contributed by atoms with Crippen LogP contribution in [-0.2, 0) is 26.2 Å². The first-order valence-corrected chi connectivity index (χ1v) is 14.4. The van der Waals surface area contributed by atoms with Crippen molar-refractivity contribution >= 4 is 27.5 Å². The summed E-state index contributed by atoms with van der Waals surface area (Å²) in [5.41, 5.74) is 3.13. The van der Waals surface area contributed by atoms with Crippen molar-refractivity contribution in [1.82, 2.24) is 10.2 Å². The van der Waals surface area contributed by atoms with Gasteiger partial charge in [0, 0.05) is 19.2 Å². The predicted molar refractivity (Wildman–Crippen MR) is 155 cm³/mol. The van der Waals surface area contributed by atoms with Crippen LogP contribution in [0.1, 0.15) is 30.5 Å². The Kier molecular flexibility index (Phi) is 10.2. The SMILES string of the molecule is CCNC(=O)C(C)N(Cc1ccc(C)cc1)C(=O)CN(c1ccc(C)cc1)S(=O)(=O)c1ccc(OC)c(OC)c1. The molecule has 0 aliphatic carbocycles. The number of ether oxygens (including phenoxy) is 2. The summed E-state index contributed by atoms with van der Waals surface area (Å²) in [6.07, 6.45) is 0. The highest BCUT2D eigenvalue weighted by Gasteiger charge is 2.33. The molecule has 3 aromatic carbocycles. The summed E-state index contributed by atoms with van der Waals surface area (Å²) in [5.74, 6) is -0.236. The number of carbonyl (C=O) groups is 2. The van der Waals surface area contributed by atoms with Gasteiger partial charge in [0.2, 0.25) is 11.8 Å². The first-order chi connectivity index (χ1) is 19.0. The molecule has 0 heterocycles. The molecule has 0 saturated heterocycles. The summed E-state index contributed by atoms with van der Waals surface area (Å²) in [7, 11) is -1.36. The van der Waals surface area contributed by atoms with E-state index in [1.54, 1.807) is 38.1 Å². The Morgan fingerprint density at radius 3 is 2.00 bits per heavy atom. The zero-order valence-corrected chi connectivity index (χ0v) is 24.6. The van der Waals surface area contributed by atoms with Gasteiger partial charge >= 0.3 is 0 Å². The Labute approximate surface area is 236 Å². The quantitative estimate of drug-likeness (QED) is 0.354. The third kappa shape index (κ3) is 7.12. The Balaban J connectivity index is 2.06. The van der Waals surface area contributed by atoms with E-state index >= 15 is 0 Å². The van der Waals surface area contributed by atoms with Crippen molar-refractivity contribution in [1.29, 1.82) is 0 Å². The van der Waals surface area contributed by atoms with E-state index in [1.165, 1.54) is 37.3 Å². The lowest BCUT2D eigenvalue weighted by molar-refractivity contribution is -0.139. The van der Waals surface area contributed by atoms with Gasteiger partial charge in [0.15, 0.2) is 11.5 Å². The van der Waals surface area contributed by atoms with E-state index in [-0.39, 0.29) is 23.1 Å². The van der Waals surface area contributed by atoms with Crippen molar-refractivity contribution in [2.45, 2.75) is 45.2 Å². The smallest absolute Gasteiger partial charge is 0.264 e. The molecule has 10 heteroatoms. The van der Waals surface area contributed by atoms with Crippen molar-refractivity contribution in [3.05, 3.63) is 83.4 Å². The number of benzene rings is 3. The highest BCUT2D eigenvalue weighted by Crippen LogP contribution is 2.32. The molecular formula is C30H37N3O6S. The fourth-order valence-electron chi connectivity index (χ4n) is 4.14. The molecule has 1 unspecified atom stereocenters. The van der Waals surface area contributed by atoms with Gasteiger partial charge < -0.3 is 19.7 Å². The third-order valence-corrected chi connectivity index (χ3v) is 8.31. The van der Waals surface area contributed by atoms with Crippen LogP contribution in [0.4, 0.5) is 5.69 Å². The Bertz CT molecular complexity index is 1420. The predicted octanol–water partition coefficient (Wildman–Crippen LogP) is 4.07. The van der Waals surface area contributed by atoms with Crippen molar-refractivity contribution < 1.29 is 27.5 Å². The molecule has 3 rings (SSSR count). The molecule has 40 heavy (non-hydrogen) atoms. The number of anilines is 1. The minimum Gasteiger partial charge on any atom is -0.493 e. The number of likely N-dealkylation sites (N-methyl/N-ethyl adjacent to an activating group) is 1. The average Bonchev–Trinajstić information content (AvgIpc) is 2.95. The lowest BCUT2D eigenvalue weighted by Gasteiger charge is -2.32. The molecule has 1 N–H and O–H groups in total. The number of nitrogens with zero attached hydrogens (tertiary/aromatic N) is 2. The lowest BCUT2D eigenvalue weighted by Crippen LogP contribution is -2.51. The second kappa shape index (κ2) is 13.3. The number of nitrogens with one attached hydrogen (secondary N) is 1. The first kappa shape index (κ1) is 30.5. The topological polar surface area (TPSA) is 105 Å². The van der Waals surface area contributed by atoms with E-state index < -0.39 is 28.5 Å². The van der Waals surface area contributed by atoms with Crippen molar-refractivity contribution in [3.63, 3.8) is 0 Å². The van der Waals surface area contributed by atoms with Crippen LogP contribution in [0.25, 0.3) is 0 Å². The highest BCUT2D eigenvalue weighted by atomic mass is 32.2. The molecule has 0 spiro atoms. The standard InChI is InChI=1S/C30H37N3O6S/c1-7-31-30(35)23(4)32(19-24-12-8-21(2)9-13-24)29(34)20-33(25-14-10-22(3)11-15-25)40(36,37)26-16-17-27(38-5)28(18-26)39-6/h8-18,23H,7,19-20H2,1-6H3,(H,31,35). The maximum atomic E-state index is 14.0. The minimum atomic E-state index is -4.24. The fourth-order valence-corrected chi connectivity index (χ4v) is 5.57. The summed E-state index contributed by atoms with van der Waals surface area (Å²) >= 11 is 0. The molecule has 0 aromatic heterocycles. The number of rotatable bonds is 12. The molecule has 0 saturated carbocycles. The number of amides is 2. The molecule has 3 aromatic rings. The van der Waals surface area contributed by atoms with Crippen LogP contribution in [-0.4, -0.2) is 58.5 Å². The van der Waals surface area contributed by atoms with E-state index in [1.807, 2.05) is 38.1 Å². The summed E-state index contributed by atoms with van der Waals surface area (Å²) in [6, 6.07) is 17.9. The van der Waals surface area contributed by atoms with E-state index in [4.69, 9.17) is 9.47 Å². The number of carbonyl (C=O) groups excluding carboxylic acids is 2. The van der Waals surface area contributed by atoms with Gasteiger partial charge in [0.05, 0.1) is 24.8 Å². The van der Waals surface area contributed by atoms with E-state index in [0.29, 0.717) is 18.0 Å². The number of methoxy groups -OCH3 is 2. The van der Waals surface area contributed by atoms with Gasteiger partial charge in [-0.3, -0.25) is 13.9 Å². The summed E-state index contributed by atoms with van der Waals surface area (Å²) in [4.78, 5) is 28.1. The Morgan fingerprint density at radius 2 is 1.45 bits per heavy atom. The normalized spacial score (nSPS) is 11.8. The summed E-state index contributed by atoms with van der Waals surface area (Å²) in [6.45, 7) is 7.30. The summed E-state index contributed by atoms with van der Waals surface area (Å²) in [5, 5.41) is 2.76. The molecule has 9 nitrogen and oxygen atoms in total. The number of hydrogen-bond donors (Lipinski definition) is 1. The average molecular weight is 568 g/mol. The Hall–Kier alpha value is -4.05. The molecule has 0 bridgehead atoms. The summed E-state index contributed by atoms with van der Waals surface area (Å²) < 4.78 is 39.7. The Morgan fingerprint density at radius 1 is 0.875 bits per heavy atom. The van der Waals surface area contributed by atoms with E-state index in [9.17, 15) is 18.0 Å². The van der Waals surface area contributed by atoms with Crippen molar-refractivity contribution in [2.75, 3.05) is 31.6 Å². The van der Waals surface area contributed by atoms with Crippen LogP contribution in [0.3, 0.4) is 0 Å². The zero-order chi connectivity index (χ0) is 29.4. The molecule has 0 aliphatic rings. The lowest BCUT2D eigenvalue weighted by atomic mass is 10.1. The third-order valence-electron chi connectivity index (χ3n) is 6.54. The van der Waals surface area contributed by atoms with Crippen LogP contribution in [0, 0.1) is 13.8 Å². The van der Waals surface area contributed by atoms with Gasteiger partial charge in [0.25, 0.3) is 10.0 Å². The maximum absolute atomic E-state index is 14.0. The minimum absolute atomic E-state index is 0.0691. The molecule has 0 aliphatic heterocycles. The van der Waals surface area contributed by atoms with Crippen LogP contribution < -0.4 is 19.1 Å². The van der Waals surface area contributed by atoms with Crippen LogP contribution in [0.2, 0.25) is 0 Å². The largest absolute Gasteiger partial charge is 0.493 e. The van der Waals surface area contributed by atoms with Gasteiger partial charge in [-0.2, -0.15) is 0 Å². The number of sulfonamides is 1. The van der Waals surface area contributed by atoms with Crippen LogP contribution in [0.5, 0.6) is 11.5 Å². The second-order valence-electron chi connectivity index (χ2n) is 9.44. The molecule has 0 radical (unpaired) electrons. The number of hydrogen-bond acceptors (Lipinski definition) is 6.